The molecule has 1 N–H and O–H groups in total. The largest absolute Gasteiger partial charge is 0.333 e. The maximum Gasteiger partial charge on any atom is 0.246 e. The molecule has 2 amide bonds. The lowest BCUT2D eigenvalue weighted by Gasteiger charge is -2.14. The molecule has 0 aliphatic rings. The summed E-state index contributed by atoms with van der Waals surface area (Å²) in [5, 5.41) is 3.44. The van der Waals surface area contributed by atoms with Crippen molar-refractivity contribution in [3.63, 3.8) is 0 Å². The molecule has 0 aliphatic heterocycles. The standard InChI is InChI=1S/C18H17Cl2N3O2/c1-12-8-9-21-15(10-12)22-16(24)11-23(2)17(25)7-6-13-4-3-5-14(19)18(13)20/h3-10H,11H2,1-2H3,(H,21,22,24)/b7-6+. The van der Waals surface area contributed by atoms with Crippen LogP contribution in [0, 0.1) is 6.92 Å². The number of halogens is 2. The Morgan fingerprint density at radius 1 is 1.28 bits per heavy atom. The van der Waals surface area contributed by atoms with Crippen molar-refractivity contribution >= 4 is 46.9 Å². The number of carbonyl (C=O) groups excluding carboxylic acids is 2. The fourth-order valence-corrected chi connectivity index (χ4v) is 2.39. The maximum atomic E-state index is 12.1. The van der Waals surface area contributed by atoms with Gasteiger partial charge in [-0.05, 0) is 42.3 Å². The highest BCUT2D eigenvalue weighted by Crippen LogP contribution is 2.26. The molecule has 1 heterocycles. The van der Waals surface area contributed by atoms with Crippen LogP contribution >= 0.6 is 23.2 Å². The van der Waals surface area contributed by atoms with Gasteiger partial charge in [0.1, 0.15) is 5.82 Å². The SMILES string of the molecule is Cc1ccnc(NC(=O)CN(C)C(=O)/C=C/c2cccc(Cl)c2Cl)c1. The quantitative estimate of drug-likeness (QED) is 0.805. The first-order valence-corrected chi connectivity index (χ1v) is 8.22. The number of aryl methyl sites for hydroxylation is 1. The molecule has 0 unspecified atom stereocenters. The Morgan fingerprint density at radius 2 is 2.04 bits per heavy atom. The molecule has 7 heteroatoms. The van der Waals surface area contributed by atoms with E-state index in [0.717, 1.165) is 5.56 Å². The number of carbonyl (C=O) groups is 2. The Kier molecular flexibility index (Phi) is 6.56. The van der Waals surface area contributed by atoms with E-state index in [-0.39, 0.29) is 18.4 Å². The van der Waals surface area contributed by atoms with E-state index in [1.165, 1.54) is 18.0 Å². The molecule has 5 nitrogen and oxygen atoms in total. The summed E-state index contributed by atoms with van der Waals surface area (Å²) in [6.07, 6.45) is 4.51. The van der Waals surface area contributed by atoms with Crippen LogP contribution in [0.2, 0.25) is 10.0 Å². The summed E-state index contributed by atoms with van der Waals surface area (Å²) in [6.45, 7) is 1.81. The number of anilines is 1. The number of pyridine rings is 1. The fourth-order valence-electron chi connectivity index (χ4n) is 2.02. The van der Waals surface area contributed by atoms with Gasteiger partial charge in [-0.1, -0.05) is 35.3 Å². The Hall–Kier alpha value is -2.37. The number of amides is 2. The number of aromatic nitrogens is 1. The first kappa shape index (κ1) is 19.0. The fraction of sp³-hybridized carbons (Fsp3) is 0.167. The van der Waals surface area contributed by atoms with Crippen LogP contribution in [0.25, 0.3) is 6.08 Å². The third kappa shape index (κ3) is 5.59. The molecular weight excluding hydrogens is 361 g/mol. The monoisotopic (exact) mass is 377 g/mol. The second-order valence-corrected chi connectivity index (χ2v) is 6.22. The van der Waals surface area contributed by atoms with Crippen molar-refractivity contribution < 1.29 is 9.59 Å². The van der Waals surface area contributed by atoms with Crippen LogP contribution in [-0.4, -0.2) is 35.3 Å². The summed E-state index contributed by atoms with van der Waals surface area (Å²) >= 11 is 12.0. The van der Waals surface area contributed by atoms with Gasteiger partial charge in [-0.2, -0.15) is 0 Å². The average Bonchev–Trinajstić information content (AvgIpc) is 2.55. The van der Waals surface area contributed by atoms with E-state index in [4.69, 9.17) is 23.2 Å². The van der Waals surface area contributed by atoms with Gasteiger partial charge in [-0.25, -0.2) is 4.98 Å². The van der Waals surface area contributed by atoms with Gasteiger partial charge in [0.05, 0.1) is 16.6 Å². The Morgan fingerprint density at radius 3 is 2.76 bits per heavy atom. The van der Waals surface area contributed by atoms with Crippen molar-refractivity contribution in [3.8, 4) is 0 Å². The first-order chi connectivity index (χ1) is 11.9. The Bertz CT molecular complexity index is 822. The van der Waals surface area contributed by atoms with Gasteiger partial charge in [-0.15, -0.1) is 0 Å². The van der Waals surface area contributed by atoms with Crippen molar-refractivity contribution in [2.45, 2.75) is 6.92 Å². The van der Waals surface area contributed by atoms with Crippen LogP contribution in [0.15, 0.2) is 42.6 Å². The van der Waals surface area contributed by atoms with Gasteiger partial charge >= 0.3 is 0 Å². The van der Waals surface area contributed by atoms with Crippen LogP contribution in [0.5, 0.6) is 0 Å². The molecule has 0 spiro atoms. The predicted molar refractivity (Wildman–Crippen MR) is 101 cm³/mol. The highest BCUT2D eigenvalue weighted by Gasteiger charge is 2.11. The molecule has 25 heavy (non-hydrogen) atoms. The molecule has 130 valence electrons. The number of benzene rings is 1. The van der Waals surface area contributed by atoms with E-state index >= 15 is 0 Å². The van der Waals surface area contributed by atoms with Crippen LogP contribution < -0.4 is 5.32 Å². The molecule has 0 radical (unpaired) electrons. The van der Waals surface area contributed by atoms with E-state index in [2.05, 4.69) is 10.3 Å². The lowest BCUT2D eigenvalue weighted by Crippen LogP contribution is -2.34. The average molecular weight is 378 g/mol. The van der Waals surface area contributed by atoms with Crippen molar-refractivity contribution in [2.75, 3.05) is 18.9 Å². The van der Waals surface area contributed by atoms with Crippen molar-refractivity contribution in [2.24, 2.45) is 0 Å². The molecular formula is C18H17Cl2N3O2. The van der Waals surface area contributed by atoms with E-state index in [0.29, 0.717) is 21.4 Å². The molecule has 0 saturated carbocycles. The molecule has 1 aromatic heterocycles. The summed E-state index contributed by atoms with van der Waals surface area (Å²) in [5.41, 5.74) is 1.61. The van der Waals surface area contributed by atoms with Gasteiger partial charge in [0.25, 0.3) is 0 Å². The Balaban J connectivity index is 1.94. The molecule has 0 atom stereocenters. The molecule has 0 bridgehead atoms. The number of hydrogen-bond donors (Lipinski definition) is 1. The first-order valence-electron chi connectivity index (χ1n) is 7.46. The third-order valence-corrected chi connectivity index (χ3v) is 4.16. The second-order valence-electron chi connectivity index (χ2n) is 5.44. The van der Waals surface area contributed by atoms with Gasteiger partial charge in [0, 0.05) is 19.3 Å². The summed E-state index contributed by atoms with van der Waals surface area (Å²) in [6, 6.07) is 8.73. The highest BCUT2D eigenvalue weighted by molar-refractivity contribution is 6.42. The van der Waals surface area contributed by atoms with Crippen molar-refractivity contribution in [3.05, 3.63) is 63.8 Å². The lowest BCUT2D eigenvalue weighted by molar-refractivity contribution is -0.129. The zero-order valence-electron chi connectivity index (χ0n) is 13.8. The van der Waals surface area contributed by atoms with Crippen LogP contribution in [0.3, 0.4) is 0 Å². The summed E-state index contributed by atoms with van der Waals surface area (Å²) < 4.78 is 0. The number of nitrogens with zero attached hydrogens (tertiary/aromatic N) is 2. The second kappa shape index (κ2) is 8.65. The van der Waals surface area contributed by atoms with E-state index < -0.39 is 0 Å². The zero-order valence-corrected chi connectivity index (χ0v) is 15.3. The smallest absolute Gasteiger partial charge is 0.246 e. The topological polar surface area (TPSA) is 62.3 Å². The molecule has 1 aromatic carbocycles. The minimum atomic E-state index is -0.330. The predicted octanol–water partition coefficient (Wildman–Crippen LogP) is 3.81. The number of likely N-dealkylation sites (N-methyl/N-ethyl adjacent to an activating group) is 1. The van der Waals surface area contributed by atoms with E-state index in [1.807, 2.05) is 13.0 Å². The maximum absolute atomic E-state index is 12.1. The van der Waals surface area contributed by atoms with Crippen LogP contribution in [0.4, 0.5) is 5.82 Å². The van der Waals surface area contributed by atoms with Gasteiger partial charge in [-0.3, -0.25) is 9.59 Å². The Labute approximate surface area is 156 Å². The molecule has 2 rings (SSSR count). The van der Waals surface area contributed by atoms with Gasteiger partial charge in [0.15, 0.2) is 0 Å². The summed E-state index contributed by atoms with van der Waals surface area (Å²) in [5.74, 6) is -0.210. The summed E-state index contributed by atoms with van der Waals surface area (Å²) in [4.78, 5) is 29.5. The van der Waals surface area contributed by atoms with Crippen molar-refractivity contribution in [1.29, 1.82) is 0 Å². The molecule has 0 aliphatic carbocycles. The molecule has 2 aromatic rings. The summed E-state index contributed by atoms with van der Waals surface area (Å²) in [7, 11) is 1.54. The van der Waals surface area contributed by atoms with Gasteiger partial charge < -0.3 is 10.2 Å². The highest BCUT2D eigenvalue weighted by atomic mass is 35.5. The zero-order chi connectivity index (χ0) is 18.4. The molecule has 0 saturated heterocycles. The normalized spacial score (nSPS) is 10.7. The van der Waals surface area contributed by atoms with Gasteiger partial charge in [0.2, 0.25) is 11.8 Å². The number of rotatable bonds is 5. The van der Waals surface area contributed by atoms with E-state index in [9.17, 15) is 9.59 Å². The lowest BCUT2D eigenvalue weighted by atomic mass is 10.2. The van der Waals surface area contributed by atoms with Crippen molar-refractivity contribution in [1.82, 2.24) is 9.88 Å². The number of nitrogens with one attached hydrogen (secondary N) is 1. The van der Waals surface area contributed by atoms with Crippen LogP contribution in [-0.2, 0) is 9.59 Å². The minimum absolute atomic E-state index is 0.0952. The molecule has 0 fully saturated rings. The third-order valence-electron chi connectivity index (χ3n) is 3.33. The minimum Gasteiger partial charge on any atom is -0.333 e. The number of hydrogen-bond acceptors (Lipinski definition) is 3. The van der Waals surface area contributed by atoms with E-state index in [1.54, 1.807) is 36.5 Å². The van der Waals surface area contributed by atoms with Crippen LogP contribution in [0.1, 0.15) is 11.1 Å².